The van der Waals surface area contributed by atoms with Gasteiger partial charge in [0.1, 0.15) is 17.5 Å². The zero-order chi connectivity index (χ0) is 34.1. The van der Waals surface area contributed by atoms with Crippen molar-refractivity contribution in [2.24, 2.45) is 4.99 Å². The van der Waals surface area contributed by atoms with Crippen molar-refractivity contribution in [3.8, 4) is 11.5 Å². The van der Waals surface area contributed by atoms with Gasteiger partial charge in [-0.1, -0.05) is 87.9 Å². The fourth-order valence-electron chi connectivity index (χ4n) is 6.24. The van der Waals surface area contributed by atoms with Crippen LogP contribution in [0.4, 0.5) is 0 Å². The SMILES string of the molecule is CCOC(=O)C1=C(c2ccccc2)N=c2s/c(=C\c3cn(Cc4ccc(Br)cc4)c4ccccc34)c(=O)n2[C@@H]1c1cc(OC)ccc1OC. The largest absolute Gasteiger partial charge is 0.497 e. The summed E-state index contributed by atoms with van der Waals surface area (Å²) in [5.41, 5.74) is 4.82. The molecule has 8 nitrogen and oxygen atoms in total. The Morgan fingerprint density at radius 1 is 0.959 bits per heavy atom. The second-order valence-electron chi connectivity index (χ2n) is 11.4. The number of methoxy groups -OCH3 is 2. The van der Waals surface area contributed by atoms with Crippen molar-refractivity contribution in [2.75, 3.05) is 20.8 Å². The molecule has 0 radical (unpaired) electrons. The van der Waals surface area contributed by atoms with Crippen LogP contribution < -0.4 is 24.4 Å². The first-order valence-corrected chi connectivity index (χ1v) is 17.3. The van der Waals surface area contributed by atoms with E-state index in [1.54, 1.807) is 43.9 Å². The minimum Gasteiger partial charge on any atom is -0.497 e. The van der Waals surface area contributed by atoms with Crippen molar-refractivity contribution in [1.82, 2.24) is 9.13 Å². The first kappa shape index (κ1) is 32.4. The third kappa shape index (κ3) is 6.13. The van der Waals surface area contributed by atoms with Crippen molar-refractivity contribution < 1.29 is 19.0 Å². The summed E-state index contributed by atoms with van der Waals surface area (Å²) >= 11 is 4.80. The average Bonchev–Trinajstić information content (AvgIpc) is 3.64. The molecule has 49 heavy (non-hydrogen) atoms. The lowest BCUT2D eigenvalue weighted by Gasteiger charge is -2.27. The molecular weight excluding hydrogens is 702 g/mol. The highest BCUT2D eigenvalue weighted by atomic mass is 79.9. The summed E-state index contributed by atoms with van der Waals surface area (Å²) in [6.45, 7) is 2.58. The van der Waals surface area contributed by atoms with Crippen LogP contribution in [0.2, 0.25) is 0 Å². The van der Waals surface area contributed by atoms with Gasteiger partial charge in [0, 0.05) is 44.8 Å². The average molecular weight is 735 g/mol. The zero-order valence-electron chi connectivity index (χ0n) is 27.1. The number of carbonyl (C=O) groups excluding carboxylic acids is 1. The van der Waals surface area contributed by atoms with Crippen LogP contribution in [0.25, 0.3) is 22.7 Å². The van der Waals surface area contributed by atoms with Gasteiger partial charge in [-0.25, -0.2) is 9.79 Å². The van der Waals surface area contributed by atoms with Gasteiger partial charge in [-0.3, -0.25) is 9.36 Å². The summed E-state index contributed by atoms with van der Waals surface area (Å²) < 4.78 is 22.3. The molecule has 0 saturated carbocycles. The molecule has 246 valence electrons. The highest BCUT2D eigenvalue weighted by molar-refractivity contribution is 9.10. The van der Waals surface area contributed by atoms with Gasteiger partial charge in [-0.15, -0.1) is 0 Å². The number of nitrogens with zero attached hydrogens (tertiary/aromatic N) is 3. The van der Waals surface area contributed by atoms with E-state index in [1.807, 2.05) is 60.7 Å². The number of hydrogen-bond acceptors (Lipinski definition) is 7. The Hall–Kier alpha value is -5.19. The Morgan fingerprint density at radius 3 is 2.45 bits per heavy atom. The molecule has 10 heteroatoms. The maximum Gasteiger partial charge on any atom is 0.338 e. The Morgan fingerprint density at radius 2 is 1.71 bits per heavy atom. The smallest absolute Gasteiger partial charge is 0.338 e. The van der Waals surface area contributed by atoms with Crippen molar-refractivity contribution in [3.05, 3.63) is 155 Å². The molecule has 0 fully saturated rings. The van der Waals surface area contributed by atoms with Gasteiger partial charge in [0.15, 0.2) is 4.80 Å². The van der Waals surface area contributed by atoms with Gasteiger partial charge in [-0.2, -0.15) is 0 Å². The first-order valence-electron chi connectivity index (χ1n) is 15.7. The van der Waals surface area contributed by atoms with Crippen LogP contribution in [0.3, 0.4) is 0 Å². The topological polar surface area (TPSA) is 84.1 Å². The fraction of sp³-hybridized carbons (Fsp3) is 0.154. The standard InChI is InChI=1S/C39H32BrN3O5S/c1-4-48-38(45)34-35(25-10-6-5-7-11-25)41-39-43(36(34)30-21-28(46-2)18-19-32(30)47-3)37(44)33(49-39)20-26-23-42(31-13-9-8-12-29(26)31)22-24-14-16-27(40)17-15-24/h5-21,23,36H,4,22H2,1-3H3/b33-20-/t36-/m1/s1. The number of hydrogen-bond donors (Lipinski definition) is 0. The summed E-state index contributed by atoms with van der Waals surface area (Å²) in [5.74, 6) is 0.482. The lowest BCUT2D eigenvalue weighted by molar-refractivity contribution is -0.138. The number of esters is 1. The molecule has 7 rings (SSSR count). The van der Waals surface area contributed by atoms with E-state index in [0.717, 1.165) is 32.1 Å². The van der Waals surface area contributed by atoms with Crippen LogP contribution >= 0.6 is 27.3 Å². The van der Waals surface area contributed by atoms with Crippen LogP contribution in [0.1, 0.15) is 35.2 Å². The molecule has 2 aromatic heterocycles. The number of halogens is 1. The van der Waals surface area contributed by atoms with E-state index in [-0.39, 0.29) is 17.7 Å². The summed E-state index contributed by atoms with van der Waals surface area (Å²) in [6, 6.07) is 30.3. The Labute approximate surface area is 295 Å². The number of ether oxygens (including phenoxy) is 3. The van der Waals surface area contributed by atoms with E-state index < -0.39 is 12.0 Å². The van der Waals surface area contributed by atoms with Crippen molar-refractivity contribution in [2.45, 2.75) is 19.5 Å². The lowest BCUT2D eigenvalue weighted by Crippen LogP contribution is -2.40. The van der Waals surface area contributed by atoms with Gasteiger partial charge < -0.3 is 18.8 Å². The minimum absolute atomic E-state index is 0.154. The quantitative estimate of drug-likeness (QED) is 0.154. The summed E-state index contributed by atoms with van der Waals surface area (Å²) in [7, 11) is 3.13. The number of carbonyl (C=O) groups is 1. The van der Waals surface area contributed by atoms with Gasteiger partial charge in [-0.05, 0) is 55.0 Å². The molecule has 3 heterocycles. The number of benzene rings is 4. The second-order valence-corrected chi connectivity index (χ2v) is 13.3. The predicted molar refractivity (Wildman–Crippen MR) is 196 cm³/mol. The summed E-state index contributed by atoms with van der Waals surface area (Å²) in [4.78, 5) is 34.0. The van der Waals surface area contributed by atoms with Gasteiger partial charge in [0.25, 0.3) is 5.56 Å². The van der Waals surface area contributed by atoms with Crippen molar-refractivity contribution >= 4 is 55.9 Å². The first-order chi connectivity index (χ1) is 23.9. The van der Waals surface area contributed by atoms with Crippen LogP contribution in [0, 0.1) is 0 Å². The molecule has 1 atom stereocenters. The van der Waals surface area contributed by atoms with Crippen LogP contribution in [-0.4, -0.2) is 35.9 Å². The van der Waals surface area contributed by atoms with Gasteiger partial charge in [0.05, 0.1) is 36.6 Å². The number of aromatic nitrogens is 2. The fourth-order valence-corrected chi connectivity index (χ4v) is 7.49. The van der Waals surface area contributed by atoms with Crippen LogP contribution in [0.5, 0.6) is 11.5 Å². The normalized spacial score (nSPS) is 14.4. The summed E-state index contributed by atoms with van der Waals surface area (Å²) in [5, 5.41) is 1.02. The zero-order valence-corrected chi connectivity index (χ0v) is 29.5. The number of thiazole rings is 1. The molecule has 6 aromatic rings. The van der Waals surface area contributed by atoms with E-state index >= 15 is 0 Å². The maximum absolute atomic E-state index is 14.6. The van der Waals surface area contributed by atoms with Gasteiger partial charge >= 0.3 is 5.97 Å². The molecule has 0 amide bonds. The molecule has 0 bridgehead atoms. The molecule has 0 spiro atoms. The maximum atomic E-state index is 14.6. The Balaban J connectivity index is 1.48. The number of fused-ring (bicyclic) bond motifs is 2. The van der Waals surface area contributed by atoms with Crippen LogP contribution in [-0.2, 0) is 16.1 Å². The Kier molecular flexibility index (Phi) is 9.07. The molecule has 0 unspecified atom stereocenters. The van der Waals surface area contributed by atoms with E-state index in [9.17, 15) is 9.59 Å². The van der Waals surface area contributed by atoms with Crippen LogP contribution in [0.15, 0.2) is 123 Å². The molecule has 4 aromatic carbocycles. The highest BCUT2D eigenvalue weighted by Gasteiger charge is 2.37. The molecule has 0 saturated heterocycles. The second kappa shape index (κ2) is 13.7. The molecule has 0 N–H and O–H groups in total. The van der Waals surface area contributed by atoms with Gasteiger partial charge in [0.2, 0.25) is 0 Å². The predicted octanol–water partition coefficient (Wildman–Crippen LogP) is 6.72. The van der Waals surface area contributed by atoms with E-state index in [0.29, 0.717) is 38.6 Å². The van der Waals surface area contributed by atoms with E-state index in [4.69, 9.17) is 19.2 Å². The van der Waals surface area contributed by atoms with Crippen molar-refractivity contribution in [1.29, 1.82) is 0 Å². The van der Waals surface area contributed by atoms with E-state index in [2.05, 4.69) is 51.0 Å². The summed E-state index contributed by atoms with van der Waals surface area (Å²) in [6.07, 6.45) is 3.99. The molecule has 1 aliphatic rings. The van der Waals surface area contributed by atoms with E-state index in [1.165, 1.54) is 11.3 Å². The monoisotopic (exact) mass is 733 g/mol. The van der Waals surface area contributed by atoms with Crippen molar-refractivity contribution in [3.63, 3.8) is 0 Å². The third-order valence-corrected chi connectivity index (χ3v) is 9.99. The Bertz CT molecular complexity index is 2410. The number of para-hydroxylation sites is 1. The third-order valence-electron chi connectivity index (χ3n) is 8.48. The molecular formula is C39H32BrN3O5S. The minimum atomic E-state index is -0.906. The lowest BCUT2D eigenvalue weighted by atomic mass is 9.92. The molecule has 1 aliphatic heterocycles. The highest BCUT2D eigenvalue weighted by Crippen LogP contribution is 2.40. The molecule has 0 aliphatic carbocycles. The number of rotatable bonds is 9.